The van der Waals surface area contributed by atoms with E-state index in [0.717, 1.165) is 34.8 Å². The molecule has 9 nitrogen and oxygen atoms in total. The standard InChI is InChI=1S/C16H14ClFN4O5S/c1-21(28(26,27)14-5-2-12(18)3-6-14)10-16(23)20-19-9-11-8-13(22(24)25)4-7-15(11)17/h2-9H,10H2,1H3,(H,20,23)/b19-9-. The second-order valence-electron chi connectivity index (χ2n) is 5.47. The first-order valence-corrected chi connectivity index (χ1v) is 9.41. The van der Waals surface area contributed by atoms with Gasteiger partial charge in [-0.1, -0.05) is 11.6 Å². The Morgan fingerprint density at radius 2 is 1.96 bits per heavy atom. The van der Waals surface area contributed by atoms with Crippen LogP contribution in [0.5, 0.6) is 0 Å². The van der Waals surface area contributed by atoms with E-state index in [2.05, 4.69) is 10.5 Å². The van der Waals surface area contributed by atoms with Gasteiger partial charge in [0.05, 0.1) is 22.6 Å². The van der Waals surface area contributed by atoms with Crippen molar-refractivity contribution in [2.75, 3.05) is 13.6 Å². The van der Waals surface area contributed by atoms with Crippen molar-refractivity contribution in [2.24, 2.45) is 5.10 Å². The summed E-state index contributed by atoms with van der Waals surface area (Å²) in [7, 11) is -2.81. The molecule has 2 aromatic rings. The van der Waals surface area contributed by atoms with E-state index in [-0.39, 0.29) is 21.2 Å². The van der Waals surface area contributed by atoms with Gasteiger partial charge in [0.2, 0.25) is 10.0 Å². The van der Waals surface area contributed by atoms with Crippen LogP contribution < -0.4 is 5.43 Å². The quantitative estimate of drug-likeness (QED) is 0.411. The molecule has 1 N–H and O–H groups in total. The molecule has 0 unspecified atom stereocenters. The van der Waals surface area contributed by atoms with Gasteiger partial charge in [-0.05, 0) is 30.3 Å². The molecule has 0 bridgehead atoms. The summed E-state index contributed by atoms with van der Waals surface area (Å²) < 4.78 is 38.3. The van der Waals surface area contributed by atoms with Gasteiger partial charge >= 0.3 is 0 Å². The molecule has 2 rings (SSSR count). The largest absolute Gasteiger partial charge is 0.272 e. The van der Waals surface area contributed by atoms with Crippen molar-refractivity contribution in [1.82, 2.24) is 9.73 Å². The van der Waals surface area contributed by atoms with Gasteiger partial charge in [-0.2, -0.15) is 9.41 Å². The molecule has 0 aliphatic carbocycles. The van der Waals surface area contributed by atoms with E-state index in [1.165, 1.54) is 25.2 Å². The molecule has 12 heteroatoms. The average molecular weight is 429 g/mol. The third kappa shape index (κ3) is 5.31. The second-order valence-corrected chi connectivity index (χ2v) is 7.92. The topological polar surface area (TPSA) is 122 Å². The minimum absolute atomic E-state index is 0.170. The number of carbonyl (C=O) groups is 1. The summed E-state index contributed by atoms with van der Waals surface area (Å²) in [6.45, 7) is -0.556. The highest BCUT2D eigenvalue weighted by Gasteiger charge is 2.22. The normalized spacial score (nSPS) is 11.7. The first-order valence-electron chi connectivity index (χ1n) is 7.59. The van der Waals surface area contributed by atoms with Crippen LogP contribution in [-0.4, -0.2) is 43.4 Å². The average Bonchev–Trinajstić information content (AvgIpc) is 2.63. The van der Waals surface area contributed by atoms with E-state index >= 15 is 0 Å². The van der Waals surface area contributed by atoms with Crippen LogP contribution in [0.25, 0.3) is 0 Å². The van der Waals surface area contributed by atoms with Gasteiger partial charge in [0.15, 0.2) is 0 Å². The number of nitrogens with one attached hydrogen (secondary N) is 1. The molecule has 2 aromatic carbocycles. The Morgan fingerprint density at radius 3 is 2.57 bits per heavy atom. The zero-order chi connectivity index (χ0) is 20.9. The van der Waals surface area contributed by atoms with Gasteiger partial charge < -0.3 is 0 Å². The van der Waals surface area contributed by atoms with Gasteiger partial charge in [0.1, 0.15) is 5.82 Å². The summed E-state index contributed by atoms with van der Waals surface area (Å²) >= 11 is 5.90. The van der Waals surface area contributed by atoms with Gasteiger partial charge in [0.25, 0.3) is 11.6 Å². The maximum absolute atomic E-state index is 12.9. The zero-order valence-corrected chi connectivity index (χ0v) is 15.9. The number of non-ortho nitro benzene ring substituents is 1. The highest BCUT2D eigenvalue weighted by Crippen LogP contribution is 2.20. The van der Waals surface area contributed by atoms with Crippen LogP contribution in [0, 0.1) is 15.9 Å². The summed E-state index contributed by atoms with van der Waals surface area (Å²) in [5.74, 6) is -1.35. The third-order valence-electron chi connectivity index (χ3n) is 3.47. The molecule has 0 radical (unpaired) electrons. The number of rotatable bonds is 7. The molecule has 0 aliphatic heterocycles. The Labute approximate surface area is 164 Å². The van der Waals surface area contributed by atoms with Crippen molar-refractivity contribution in [1.29, 1.82) is 0 Å². The molecule has 0 atom stereocenters. The Balaban J connectivity index is 2.02. The van der Waals surface area contributed by atoms with Crippen LogP contribution in [0.4, 0.5) is 10.1 Å². The number of carbonyl (C=O) groups excluding carboxylic acids is 1. The number of hydrazone groups is 1. The van der Waals surface area contributed by atoms with Crippen molar-refractivity contribution in [2.45, 2.75) is 4.90 Å². The highest BCUT2D eigenvalue weighted by atomic mass is 35.5. The first kappa shape index (κ1) is 21.4. The number of amides is 1. The van der Waals surface area contributed by atoms with Crippen LogP contribution >= 0.6 is 11.6 Å². The summed E-state index contributed by atoms with van der Waals surface area (Å²) in [6, 6.07) is 7.85. The summed E-state index contributed by atoms with van der Waals surface area (Å²) in [5.41, 5.74) is 2.10. The highest BCUT2D eigenvalue weighted by molar-refractivity contribution is 7.89. The molecule has 0 saturated heterocycles. The molecule has 1 amide bonds. The van der Waals surface area contributed by atoms with Crippen LogP contribution in [0.1, 0.15) is 5.56 Å². The fraction of sp³-hybridized carbons (Fsp3) is 0.125. The molecule has 0 saturated carbocycles. The SMILES string of the molecule is CN(CC(=O)N/N=C\c1cc([N+](=O)[O-])ccc1Cl)S(=O)(=O)c1ccc(F)cc1. The monoisotopic (exact) mass is 428 g/mol. The predicted molar refractivity (Wildman–Crippen MR) is 100 cm³/mol. The van der Waals surface area contributed by atoms with Crippen LogP contribution in [0.3, 0.4) is 0 Å². The lowest BCUT2D eigenvalue weighted by Crippen LogP contribution is -2.36. The molecule has 0 spiro atoms. The fourth-order valence-electron chi connectivity index (χ4n) is 2.03. The van der Waals surface area contributed by atoms with Crippen molar-refractivity contribution in [3.63, 3.8) is 0 Å². The predicted octanol–water partition coefficient (Wildman–Crippen LogP) is 2.16. The lowest BCUT2D eigenvalue weighted by molar-refractivity contribution is -0.384. The molecule has 0 aromatic heterocycles. The number of nitrogens with zero attached hydrogens (tertiary/aromatic N) is 3. The van der Waals surface area contributed by atoms with E-state index in [1.54, 1.807) is 0 Å². The Morgan fingerprint density at radius 1 is 1.32 bits per heavy atom. The molecular formula is C16H14ClFN4O5S. The van der Waals surface area contributed by atoms with Crippen molar-refractivity contribution >= 4 is 39.4 Å². The number of sulfonamides is 1. The van der Waals surface area contributed by atoms with E-state index in [9.17, 15) is 27.7 Å². The Kier molecular flexibility index (Phi) is 6.78. The van der Waals surface area contributed by atoms with Crippen LogP contribution in [0.15, 0.2) is 52.5 Å². The van der Waals surface area contributed by atoms with Gasteiger partial charge in [0, 0.05) is 29.8 Å². The van der Waals surface area contributed by atoms with E-state index in [0.29, 0.717) is 0 Å². The van der Waals surface area contributed by atoms with E-state index in [4.69, 9.17) is 11.6 Å². The molecule has 148 valence electrons. The minimum Gasteiger partial charge on any atom is -0.272 e. The third-order valence-corrected chi connectivity index (χ3v) is 5.63. The van der Waals surface area contributed by atoms with Crippen LogP contribution in [-0.2, 0) is 14.8 Å². The lowest BCUT2D eigenvalue weighted by atomic mass is 10.2. The number of nitro benzene ring substituents is 1. The number of likely N-dealkylation sites (N-methyl/N-ethyl adjacent to an activating group) is 1. The number of benzene rings is 2. The molecule has 0 heterocycles. The van der Waals surface area contributed by atoms with Crippen molar-refractivity contribution in [3.8, 4) is 0 Å². The van der Waals surface area contributed by atoms with E-state index < -0.39 is 33.2 Å². The molecule has 28 heavy (non-hydrogen) atoms. The Bertz CT molecular complexity index is 1030. The first-order chi connectivity index (χ1) is 13.1. The summed E-state index contributed by atoms with van der Waals surface area (Å²) in [5, 5.41) is 14.6. The summed E-state index contributed by atoms with van der Waals surface area (Å²) in [4.78, 5) is 21.9. The lowest BCUT2D eigenvalue weighted by Gasteiger charge is -2.16. The fourth-order valence-corrected chi connectivity index (χ4v) is 3.32. The zero-order valence-electron chi connectivity index (χ0n) is 14.4. The summed E-state index contributed by atoms with van der Waals surface area (Å²) in [6.07, 6.45) is 1.10. The maximum Gasteiger partial charge on any atom is 0.270 e. The second kappa shape index (κ2) is 8.87. The maximum atomic E-state index is 12.9. The molecular weight excluding hydrogens is 415 g/mol. The van der Waals surface area contributed by atoms with Gasteiger partial charge in [-0.25, -0.2) is 18.2 Å². The number of halogens is 2. The number of hydrogen-bond acceptors (Lipinski definition) is 6. The van der Waals surface area contributed by atoms with Crippen molar-refractivity contribution < 1.29 is 22.5 Å². The Hall–Kier alpha value is -2.89. The molecule has 0 aliphatic rings. The smallest absolute Gasteiger partial charge is 0.270 e. The minimum atomic E-state index is -3.99. The number of nitro groups is 1. The van der Waals surface area contributed by atoms with Crippen molar-refractivity contribution in [3.05, 3.63) is 69.0 Å². The molecule has 0 fully saturated rings. The van der Waals surface area contributed by atoms with Crippen LogP contribution in [0.2, 0.25) is 5.02 Å². The van der Waals surface area contributed by atoms with Gasteiger partial charge in [-0.3, -0.25) is 14.9 Å². The number of hydrogen-bond donors (Lipinski definition) is 1. The van der Waals surface area contributed by atoms with E-state index in [1.807, 2.05) is 0 Å². The van der Waals surface area contributed by atoms with Gasteiger partial charge in [-0.15, -0.1) is 0 Å².